The van der Waals surface area contributed by atoms with E-state index >= 15 is 0 Å². The van der Waals surface area contributed by atoms with Crippen LogP contribution in [0.2, 0.25) is 0 Å². The molecule has 1 aliphatic rings. The second-order valence-electron chi connectivity index (χ2n) is 6.48. The zero-order valence-corrected chi connectivity index (χ0v) is 14.2. The van der Waals surface area contributed by atoms with E-state index < -0.39 is 0 Å². The summed E-state index contributed by atoms with van der Waals surface area (Å²) in [6.07, 6.45) is 3.98. The molecule has 1 saturated carbocycles. The van der Waals surface area contributed by atoms with E-state index in [1.165, 1.54) is 6.42 Å². The van der Waals surface area contributed by atoms with Crippen LogP contribution in [0.5, 0.6) is 0 Å². The van der Waals surface area contributed by atoms with Crippen LogP contribution in [-0.4, -0.2) is 11.0 Å². The van der Waals surface area contributed by atoms with E-state index in [4.69, 9.17) is 5.73 Å². The van der Waals surface area contributed by atoms with Crippen LogP contribution < -0.4 is 5.73 Å². The first-order valence-electron chi connectivity index (χ1n) is 7.57. The normalized spacial score (nSPS) is 26.0. The molecule has 4 nitrogen and oxygen atoms in total. The number of nitro benzene ring substituents is 1. The summed E-state index contributed by atoms with van der Waals surface area (Å²) in [5, 5.41) is 11.2. The smallest absolute Gasteiger partial charge is 0.273 e. The fourth-order valence-corrected chi connectivity index (χ4v) is 3.67. The van der Waals surface area contributed by atoms with Crippen molar-refractivity contribution in [3.05, 3.63) is 38.3 Å². The van der Waals surface area contributed by atoms with E-state index in [0.717, 1.165) is 22.9 Å². The monoisotopic (exact) mass is 354 g/mol. The molecule has 3 unspecified atom stereocenters. The third kappa shape index (κ3) is 4.04. The summed E-state index contributed by atoms with van der Waals surface area (Å²) in [6, 6.07) is 5.47. The maximum Gasteiger partial charge on any atom is 0.273 e. The zero-order valence-electron chi connectivity index (χ0n) is 12.6. The van der Waals surface area contributed by atoms with Gasteiger partial charge in [-0.15, -0.1) is 0 Å². The highest BCUT2D eigenvalue weighted by molar-refractivity contribution is 9.10. The van der Waals surface area contributed by atoms with Crippen LogP contribution in [0.1, 0.15) is 38.7 Å². The Morgan fingerprint density at radius 3 is 2.76 bits per heavy atom. The summed E-state index contributed by atoms with van der Waals surface area (Å²) in [4.78, 5) is 10.9. The molecule has 1 aromatic carbocycles. The maximum absolute atomic E-state index is 11.2. The Morgan fingerprint density at radius 2 is 2.14 bits per heavy atom. The van der Waals surface area contributed by atoms with Gasteiger partial charge in [-0.2, -0.15) is 0 Å². The molecule has 0 saturated heterocycles. The quantitative estimate of drug-likeness (QED) is 0.647. The number of nitrogens with two attached hydrogens (primary N) is 1. The lowest BCUT2D eigenvalue weighted by Crippen LogP contribution is -2.38. The van der Waals surface area contributed by atoms with E-state index in [0.29, 0.717) is 24.2 Å². The lowest BCUT2D eigenvalue weighted by Gasteiger charge is -2.36. The zero-order chi connectivity index (χ0) is 15.6. The number of benzene rings is 1. The molecule has 1 aromatic rings. The van der Waals surface area contributed by atoms with Crippen LogP contribution in [0.3, 0.4) is 0 Å². The van der Waals surface area contributed by atoms with Crippen LogP contribution in [-0.2, 0) is 6.42 Å². The largest absolute Gasteiger partial charge is 0.327 e. The van der Waals surface area contributed by atoms with Crippen LogP contribution in [0.15, 0.2) is 22.7 Å². The third-order valence-corrected chi connectivity index (χ3v) is 5.24. The van der Waals surface area contributed by atoms with E-state index in [2.05, 4.69) is 29.8 Å². The number of hydrogen-bond donors (Lipinski definition) is 1. The second-order valence-corrected chi connectivity index (χ2v) is 7.39. The van der Waals surface area contributed by atoms with Gasteiger partial charge in [-0.25, -0.2) is 0 Å². The van der Waals surface area contributed by atoms with Gasteiger partial charge in [0.1, 0.15) is 0 Å². The van der Waals surface area contributed by atoms with E-state index in [-0.39, 0.29) is 16.7 Å². The van der Waals surface area contributed by atoms with Gasteiger partial charge in [0.25, 0.3) is 5.69 Å². The standard InChI is InChI=1S/C16H23BrN2O2/c1-10(2)11-4-6-15(18)13(7-11)8-12-3-5-14(17)9-16(12)19(20)21/h3,5,9-11,13,15H,4,6-8,18H2,1-2H3. The average Bonchev–Trinajstić information content (AvgIpc) is 2.42. The van der Waals surface area contributed by atoms with Crippen molar-refractivity contribution < 1.29 is 4.92 Å². The molecule has 2 rings (SSSR count). The summed E-state index contributed by atoms with van der Waals surface area (Å²) in [5.41, 5.74) is 7.26. The molecule has 0 spiro atoms. The van der Waals surface area contributed by atoms with Gasteiger partial charge in [-0.3, -0.25) is 10.1 Å². The Kier molecular flexibility index (Phi) is 5.38. The summed E-state index contributed by atoms with van der Waals surface area (Å²) in [6.45, 7) is 4.50. The van der Waals surface area contributed by atoms with Crippen LogP contribution in [0, 0.1) is 27.9 Å². The Morgan fingerprint density at radius 1 is 1.43 bits per heavy atom. The summed E-state index contributed by atoms with van der Waals surface area (Å²) in [7, 11) is 0. The molecule has 116 valence electrons. The van der Waals surface area contributed by atoms with Crippen molar-refractivity contribution >= 4 is 21.6 Å². The highest BCUT2D eigenvalue weighted by atomic mass is 79.9. The Labute approximate surface area is 134 Å². The Bertz CT molecular complexity index is 519. The second kappa shape index (κ2) is 6.88. The van der Waals surface area contributed by atoms with Gasteiger partial charge >= 0.3 is 0 Å². The van der Waals surface area contributed by atoms with E-state index in [1.54, 1.807) is 6.07 Å². The topological polar surface area (TPSA) is 69.2 Å². The van der Waals surface area contributed by atoms with Crippen molar-refractivity contribution in [2.75, 3.05) is 0 Å². The van der Waals surface area contributed by atoms with Gasteiger partial charge in [0, 0.05) is 22.1 Å². The average molecular weight is 355 g/mol. The SMILES string of the molecule is CC(C)C1CCC(N)C(Cc2ccc(Br)cc2[N+](=O)[O-])C1. The summed E-state index contributed by atoms with van der Waals surface area (Å²) < 4.78 is 0.742. The first kappa shape index (κ1) is 16.4. The predicted molar refractivity (Wildman–Crippen MR) is 88.1 cm³/mol. The van der Waals surface area contributed by atoms with Gasteiger partial charge in [-0.1, -0.05) is 35.8 Å². The van der Waals surface area contributed by atoms with Crippen molar-refractivity contribution in [3.63, 3.8) is 0 Å². The van der Waals surface area contributed by atoms with Crippen molar-refractivity contribution in [2.24, 2.45) is 23.5 Å². The van der Waals surface area contributed by atoms with Crippen molar-refractivity contribution in [2.45, 2.75) is 45.6 Å². The lowest BCUT2D eigenvalue weighted by molar-refractivity contribution is -0.385. The molecule has 1 aliphatic carbocycles. The van der Waals surface area contributed by atoms with Crippen LogP contribution in [0.25, 0.3) is 0 Å². The molecule has 0 amide bonds. The minimum atomic E-state index is -0.297. The summed E-state index contributed by atoms with van der Waals surface area (Å²) >= 11 is 3.30. The number of nitro groups is 1. The lowest BCUT2D eigenvalue weighted by atomic mass is 9.72. The molecule has 1 fully saturated rings. The Hall–Kier alpha value is -0.940. The molecule has 0 heterocycles. The molecule has 3 atom stereocenters. The molecule has 0 bridgehead atoms. The molecular formula is C16H23BrN2O2. The number of hydrogen-bond acceptors (Lipinski definition) is 3. The van der Waals surface area contributed by atoms with Gasteiger partial charge in [0.2, 0.25) is 0 Å². The summed E-state index contributed by atoms with van der Waals surface area (Å²) in [5.74, 6) is 1.68. The molecule has 0 aliphatic heterocycles. The number of rotatable bonds is 4. The fourth-order valence-electron chi connectivity index (χ4n) is 3.33. The first-order chi connectivity index (χ1) is 9.88. The van der Waals surface area contributed by atoms with Gasteiger partial charge in [0.15, 0.2) is 0 Å². The number of halogens is 1. The van der Waals surface area contributed by atoms with Gasteiger partial charge < -0.3 is 5.73 Å². The van der Waals surface area contributed by atoms with Gasteiger partial charge in [-0.05, 0) is 49.5 Å². The van der Waals surface area contributed by atoms with E-state index in [1.807, 2.05) is 12.1 Å². The molecular weight excluding hydrogens is 332 g/mol. The minimum Gasteiger partial charge on any atom is -0.327 e. The highest BCUT2D eigenvalue weighted by Gasteiger charge is 2.31. The molecule has 0 aromatic heterocycles. The predicted octanol–water partition coefficient (Wildman–Crippen LogP) is 4.30. The first-order valence-corrected chi connectivity index (χ1v) is 8.36. The van der Waals surface area contributed by atoms with Crippen LogP contribution in [0.4, 0.5) is 5.69 Å². The van der Waals surface area contributed by atoms with Crippen molar-refractivity contribution in [3.8, 4) is 0 Å². The molecule has 0 radical (unpaired) electrons. The number of nitrogens with zero attached hydrogens (tertiary/aromatic N) is 1. The van der Waals surface area contributed by atoms with Gasteiger partial charge in [0.05, 0.1) is 4.92 Å². The highest BCUT2D eigenvalue weighted by Crippen LogP contribution is 2.36. The third-order valence-electron chi connectivity index (χ3n) is 4.75. The Balaban J connectivity index is 2.18. The molecule has 5 heteroatoms. The fraction of sp³-hybridized carbons (Fsp3) is 0.625. The molecule has 21 heavy (non-hydrogen) atoms. The van der Waals surface area contributed by atoms with E-state index in [9.17, 15) is 10.1 Å². The molecule has 2 N–H and O–H groups in total. The van der Waals surface area contributed by atoms with Crippen molar-refractivity contribution in [1.29, 1.82) is 0 Å². The van der Waals surface area contributed by atoms with Crippen molar-refractivity contribution in [1.82, 2.24) is 0 Å². The minimum absolute atomic E-state index is 0.156. The van der Waals surface area contributed by atoms with Crippen LogP contribution >= 0.6 is 15.9 Å². The maximum atomic E-state index is 11.2.